The van der Waals surface area contributed by atoms with Gasteiger partial charge in [0.15, 0.2) is 0 Å². The second kappa shape index (κ2) is 15.6. The molecule has 9 heteroatoms. The zero-order chi connectivity index (χ0) is 22.6. The third-order valence-electron chi connectivity index (χ3n) is 4.85. The van der Waals surface area contributed by atoms with Crippen LogP contribution in [0, 0.1) is 0 Å². The summed E-state index contributed by atoms with van der Waals surface area (Å²) in [5.41, 5.74) is 2.52. The van der Waals surface area contributed by atoms with Crippen LogP contribution in [0.5, 0.6) is 0 Å². The van der Waals surface area contributed by atoms with Crippen LogP contribution >= 0.6 is 11.6 Å². The van der Waals surface area contributed by atoms with Gasteiger partial charge in [-0.25, -0.2) is 4.79 Å². The van der Waals surface area contributed by atoms with Crippen LogP contribution in [0.1, 0.15) is 26.9 Å². The molecular weight excluding hydrogens is 460 g/mol. The van der Waals surface area contributed by atoms with Gasteiger partial charge in [0, 0.05) is 44.7 Å². The van der Waals surface area contributed by atoms with Gasteiger partial charge in [-0.3, -0.25) is 14.6 Å². The quantitative estimate of drug-likeness (QED) is 0.434. The van der Waals surface area contributed by atoms with Gasteiger partial charge < -0.3 is 17.8 Å². The van der Waals surface area contributed by atoms with Crippen LogP contribution < -0.4 is 0 Å². The van der Waals surface area contributed by atoms with Crippen molar-refractivity contribution in [1.29, 1.82) is 0 Å². The second-order valence-corrected chi connectivity index (χ2v) is 7.64. The Morgan fingerprint density at radius 2 is 1.53 bits per heavy atom. The number of hydrogen-bond acceptors (Lipinski definition) is 5. The molecule has 0 aromatic heterocycles. The van der Waals surface area contributed by atoms with Crippen molar-refractivity contribution >= 4 is 61.3 Å². The number of rotatable bonds is 8. The monoisotopic (exact) mass is 490 g/mol. The molecule has 1 unspecified atom stereocenters. The van der Waals surface area contributed by atoms with E-state index in [1.54, 1.807) is 0 Å². The number of halogens is 1. The van der Waals surface area contributed by atoms with Gasteiger partial charge in [0.1, 0.15) is 6.61 Å². The van der Waals surface area contributed by atoms with Crippen LogP contribution in [-0.4, -0.2) is 116 Å². The maximum Gasteiger partial charge on any atom is 2.00 e. The van der Waals surface area contributed by atoms with Crippen LogP contribution in [-0.2, 0) is 14.3 Å². The maximum absolute atomic E-state index is 10.5. The zero-order valence-electron chi connectivity index (χ0n) is 20.3. The summed E-state index contributed by atoms with van der Waals surface area (Å²) in [4.78, 5) is 24.3. The number of benzene rings is 2. The van der Waals surface area contributed by atoms with E-state index in [1.165, 1.54) is 11.1 Å². The molecule has 1 aliphatic heterocycles. The molecule has 1 heterocycles. The van der Waals surface area contributed by atoms with Crippen molar-refractivity contribution in [1.82, 2.24) is 9.80 Å². The van der Waals surface area contributed by atoms with Crippen molar-refractivity contribution in [2.45, 2.75) is 13.0 Å². The first-order valence-corrected chi connectivity index (χ1v) is 10.5. The minimum Gasteiger partial charge on any atom is -1.00 e. The largest absolute Gasteiger partial charge is 2.00 e. The Morgan fingerprint density at radius 3 is 2.06 bits per heavy atom. The van der Waals surface area contributed by atoms with Gasteiger partial charge >= 0.3 is 43.7 Å². The molecule has 32 heavy (non-hydrogen) atoms. The van der Waals surface area contributed by atoms with Crippen molar-refractivity contribution in [2.24, 2.45) is 0 Å². The Bertz CT molecular complexity index is 822. The van der Waals surface area contributed by atoms with E-state index in [4.69, 9.17) is 31.3 Å². The Morgan fingerprint density at radius 1 is 1.00 bits per heavy atom. The summed E-state index contributed by atoms with van der Waals surface area (Å²) < 4.78 is 5.15. The van der Waals surface area contributed by atoms with E-state index in [0.29, 0.717) is 6.61 Å². The smallest absolute Gasteiger partial charge is 1.00 e. The minimum atomic E-state index is -0.923. The molecule has 172 valence electrons. The standard InChI is InChI=1S/C21H25ClN2O3.C2H4O2.Ca.2H/c22-19-8-6-18(7-9-19)21(17-4-2-1-3-5-17)24-12-10-23(11-13-24)14-15-27-16-20(25)26;1-2(3)4;;;/h1-9,21H,10-16H2,(H,25,26);1H3,(H,3,4);;;/q;;+2;2*-1. The van der Waals surface area contributed by atoms with Crippen molar-refractivity contribution in [2.75, 3.05) is 45.9 Å². The molecule has 1 saturated heterocycles. The van der Waals surface area contributed by atoms with E-state index < -0.39 is 11.9 Å². The average Bonchev–Trinajstić information content (AvgIpc) is 2.74. The molecule has 0 radical (unpaired) electrons. The van der Waals surface area contributed by atoms with Crippen LogP contribution in [0.4, 0.5) is 0 Å². The molecule has 7 nitrogen and oxygen atoms in total. The number of nitrogens with zero attached hydrogens (tertiary/aromatic N) is 2. The average molecular weight is 491 g/mol. The van der Waals surface area contributed by atoms with E-state index in [-0.39, 0.29) is 53.2 Å². The number of carboxylic acid groups (broad SMARTS) is 2. The fourth-order valence-electron chi connectivity index (χ4n) is 3.49. The summed E-state index contributed by atoms with van der Waals surface area (Å²) in [6.07, 6.45) is 0. The van der Waals surface area contributed by atoms with E-state index in [2.05, 4.69) is 46.2 Å². The summed E-state index contributed by atoms with van der Waals surface area (Å²) in [7, 11) is 0. The van der Waals surface area contributed by atoms with Gasteiger partial charge in [-0.15, -0.1) is 0 Å². The van der Waals surface area contributed by atoms with Crippen molar-refractivity contribution in [3.63, 3.8) is 0 Å². The van der Waals surface area contributed by atoms with Gasteiger partial charge in [-0.1, -0.05) is 54.1 Å². The topological polar surface area (TPSA) is 90.3 Å². The summed E-state index contributed by atoms with van der Waals surface area (Å²) in [6, 6.07) is 18.8. The van der Waals surface area contributed by atoms with Crippen molar-refractivity contribution in [3.05, 3.63) is 70.7 Å². The zero-order valence-corrected chi connectivity index (χ0v) is 21.3. The molecule has 1 fully saturated rings. The van der Waals surface area contributed by atoms with E-state index in [0.717, 1.165) is 44.7 Å². The fraction of sp³-hybridized carbons (Fsp3) is 0.391. The molecule has 0 bridgehead atoms. The van der Waals surface area contributed by atoms with Gasteiger partial charge in [0.2, 0.25) is 0 Å². The Labute approximate surface area is 226 Å². The number of carbonyl (C=O) groups is 2. The predicted molar refractivity (Wildman–Crippen MR) is 127 cm³/mol. The molecule has 1 atom stereocenters. The SMILES string of the molecule is CC(=O)O.O=C(O)COCCN1CCN(C(c2ccccc2)c2ccc(Cl)cc2)CC1.[Ca+2].[H-].[H-]. The summed E-state index contributed by atoms with van der Waals surface area (Å²) >= 11 is 6.08. The van der Waals surface area contributed by atoms with Crippen LogP contribution in [0.2, 0.25) is 5.02 Å². The van der Waals surface area contributed by atoms with Gasteiger partial charge in [-0.2, -0.15) is 0 Å². The van der Waals surface area contributed by atoms with Crippen LogP contribution in [0.15, 0.2) is 54.6 Å². The molecular formula is C23H31CaClN2O5. The number of aliphatic carboxylic acids is 2. The number of piperazine rings is 1. The number of ether oxygens (including phenoxy) is 1. The van der Waals surface area contributed by atoms with Crippen molar-refractivity contribution < 1.29 is 27.4 Å². The van der Waals surface area contributed by atoms with E-state index in [1.807, 2.05) is 18.2 Å². The Balaban J connectivity index is 0. The maximum atomic E-state index is 10.5. The third kappa shape index (κ3) is 10.6. The molecule has 0 aliphatic carbocycles. The van der Waals surface area contributed by atoms with E-state index in [9.17, 15) is 4.79 Å². The van der Waals surface area contributed by atoms with Gasteiger partial charge in [0.25, 0.3) is 5.97 Å². The molecule has 0 amide bonds. The first kappa shape index (κ1) is 28.8. The molecule has 0 saturated carbocycles. The Kier molecular flexibility index (Phi) is 14.1. The molecule has 0 spiro atoms. The summed E-state index contributed by atoms with van der Waals surface area (Å²) in [6.45, 7) is 5.83. The van der Waals surface area contributed by atoms with Gasteiger partial charge in [0.05, 0.1) is 12.6 Å². The summed E-state index contributed by atoms with van der Waals surface area (Å²) in [5, 5.41) is 16.8. The molecule has 2 aromatic rings. The molecule has 2 aromatic carbocycles. The number of carboxylic acids is 2. The third-order valence-corrected chi connectivity index (χ3v) is 5.10. The normalized spacial score (nSPS) is 15.1. The van der Waals surface area contributed by atoms with Crippen LogP contribution in [0.3, 0.4) is 0 Å². The molecule has 2 N–H and O–H groups in total. The van der Waals surface area contributed by atoms with E-state index >= 15 is 0 Å². The van der Waals surface area contributed by atoms with Gasteiger partial charge in [-0.05, 0) is 23.3 Å². The predicted octanol–water partition coefficient (Wildman–Crippen LogP) is 3.08. The second-order valence-electron chi connectivity index (χ2n) is 7.21. The first-order chi connectivity index (χ1) is 14.9. The molecule has 3 rings (SSSR count). The summed E-state index contributed by atoms with van der Waals surface area (Å²) in [5.74, 6) is -1.76. The number of hydrogen-bond donors (Lipinski definition) is 2. The first-order valence-electron chi connectivity index (χ1n) is 10.1. The van der Waals surface area contributed by atoms with Crippen molar-refractivity contribution in [3.8, 4) is 0 Å². The molecule has 1 aliphatic rings. The Hall–Kier alpha value is -1.19. The minimum absolute atomic E-state index is 0. The fourth-order valence-corrected chi connectivity index (χ4v) is 3.62. The van der Waals surface area contributed by atoms with Crippen LogP contribution in [0.25, 0.3) is 0 Å².